The summed E-state index contributed by atoms with van der Waals surface area (Å²) < 4.78 is 11.7. The van der Waals surface area contributed by atoms with Gasteiger partial charge in [-0.25, -0.2) is 4.98 Å². The first kappa shape index (κ1) is 15.3. The number of nitrogens with zero attached hydrogens (tertiary/aromatic N) is 1. The van der Waals surface area contributed by atoms with Gasteiger partial charge in [-0.3, -0.25) is 4.79 Å². The fourth-order valence-corrected chi connectivity index (χ4v) is 4.08. The first-order valence-corrected chi connectivity index (χ1v) is 9.39. The summed E-state index contributed by atoms with van der Waals surface area (Å²) in [4.78, 5) is 17.9. The molecule has 2 aromatic carbocycles. The molecular formula is C17H14N2O3S2. The molecule has 7 heteroatoms. The minimum absolute atomic E-state index is 0.0985. The van der Waals surface area contributed by atoms with E-state index in [1.165, 1.54) is 11.3 Å². The predicted molar refractivity (Wildman–Crippen MR) is 96.3 cm³/mol. The van der Waals surface area contributed by atoms with Crippen LogP contribution >= 0.6 is 23.1 Å². The Morgan fingerprint density at radius 2 is 2.17 bits per heavy atom. The van der Waals surface area contributed by atoms with E-state index in [4.69, 9.17) is 9.47 Å². The van der Waals surface area contributed by atoms with Gasteiger partial charge < -0.3 is 14.8 Å². The van der Waals surface area contributed by atoms with Crippen molar-refractivity contribution in [2.75, 3.05) is 18.4 Å². The number of para-hydroxylation sites is 1. The highest BCUT2D eigenvalue weighted by atomic mass is 32.2. The average Bonchev–Trinajstić information content (AvgIpc) is 3.19. The van der Waals surface area contributed by atoms with Gasteiger partial charge in [-0.2, -0.15) is 0 Å². The minimum Gasteiger partial charge on any atom is -0.454 e. The second-order valence-corrected chi connectivity index (χ2v) is 7.12. The van der Waals surface area contributed by atoms with Crippen molar-refractivity contribution in [2.24, 2.45) is 0 Å². The van der Waals surface area contributed by atoms with E-state index in [2.05, 4.69) is 10.3 Å². The van der Waals surface area contributed by atoms with Gasteiger partial charge in [0.15, 0.2) is 16.6 Å². The summed E-state index contributed by atoms with van der Waals surface area (Å²) in [5.41, 5.74) is 1.82. The van der Waals surface area contributed by atoms with Crippen LogP contribution in [0.2, 0.25) is 0 Å². The van der Waals surface area contributed by atoms with Crippen LogP contribution in [0.3, 0.4) is 0 Å². The molecule has 3 aromatic rings. The average molecular weight is 358 g/mol. The number of thiazole rings is 1. The van der Waals surface area contributed by atoms with Gasteiger partial charge in [0.2, 0.25) is 12.7 Å². The second kappa shape index (κ2) is 6.33. The van der Waals surface area contributed by atoms with Gasteiger partial charge >= 0.3 is 0 Å². The number of amides is 1. The molecule has 0 saturated carbocycles. The normalized spacial score (nSPS) is 12.5. The number of carbonyl (C=O) groups excluding carboxylic acids is 1. The molecule has 4 rings (SSSR count). The summed E-state index contributed by atoms with van der Waals surface area (Å²) >= 11 is 3.13. The summed E-state index contributed by atoms with van der Waals surface area (Å²) in [6, 6.07) is 11.6. The molecule has 1 N–H and O–H groups in total. The first-order chi connectivity index (χ1) is 11.7. The zero-order chi connectivity index (χ0) is 16.5. The molecule has 24 heavy (non-hydrogen) atoms. The van der Waals surface area contributed by atoms with Gasteiger partial charge in [-0.05, 0) is 36.1 Å². The number of rotatable bonds is 4. The standard InChI is InChI=1S/C17H14N2O3S2/c1-23-13-3-2-4-14-16(13)19-17(24-14)18-15(20)8-10-5-6-11-12(7-10)22-9-21-11/h2-7H,8-9H2,1H3,(H,18,19,20). The van der Waals surface area contributed by atoms with Crippen molar-refractivity contribution < 1.29 is 14.3 Å². The van der Waals surface area contributed by atoms with Crippen LogP contribution in [0.1, 0.15) is 5.56 Å². The van der Waals surface area contributed by atoms with Crippen molar-refractivity contribution >= 4 is 44.4 Å². The smallest absolute Gasteiger partial charge is 0.231 e. The van der Waals surface area contributed by atoms with Crippen LogP contribution < -0.4 is 14.8 Å². The van der Waals surface area contributed by atoms with E-state index in [1.54, 1.807) is 11.8 Å². The Hall–Kier alpha value is -2.25. The second-order valence-electron chi connectivity index (χ2n) is 5.24. The lowest BCUT2D eigenvalue weighted by atomic mass is 10.1. The largest absolute Gasteiger partial charge is 0.454 e. The number of nitrogens with one attached hydrogen (secondary N) is 1. The number of ether oxygens (including phenoxy) is 2. The van der Waals surface area contributed by atoms with Crippen molar-refractivity contribution in [3.05, 3.63) is 42.0 Å². The van der Waals surface area contributed by atoms with Gasteiger partial charge in [0.05, 0.1) is 16.6 Å². The van der Waals surface area contributed by atoms with Crippen LogP contribution in [0.25, 0.3) is 10.2 Å². The lowest BCUT2D eigenvalue weighted by Gasteiger charge is -2.03. The highest BCUT2D eigenvalue weighted by Crippen LogP contribution is 2.34. The molecule has 5 nitrogen and oxygen atoms in total. The zero-order valence-electron chi connectivity index (χ0n) is 12.9. The molecule has 0 fully saturated rings. The number of anilines is 1. The molecule has 0 spiro atoms. The number of benzene rings is 2. The Balaban J connectivity index is 1.50. The predicted octanol–water partition coefficient (Wildman–Crippen LogP) is 3.93. The number of carbonyl (C=O) groups is 1. The summed E-state index contributed by atoms with van der Waals surface area (Å²) in [6.45, 7) is 0.231. The van der Waals surface area contributed by atoms with Crippen LogP contribution in [-0.4, -0.2) is 23.9 Å². The Labute approximate surface area is 147 Å². The van der Waals surface area contributed by atoms with E-state index in [1.807, 2.05) is 42.7 Å². The molecule has 2 heterocycles. The molecule has 0 aliphatic carbocycles. The fourth-order valence-electron chi connectivity index (χ4n) is 2.54. The van der Waals surface area contributed by atoms with Crippen molar-refractivity contribution in [1.82, 2.24) is 4.98 Å². The monoisotopic (exact) mass is 358 g/mol. The maximum atomic E-state index is 12.3. The van der Waals surface area contributed by atoms with Crippen LogP contribution in [0.4, 0.5) is 5.13 Å². The summed E-state index contributed by atoms with van der Waals surface area (Å²) in [6.07, 6.45) is 2.29. The maximum absolute atomic E-state index is 12.3. The van der Waals surface area contributed by atoms with E-state index in [0.717, 1.165) is 26.4 Å². The molecule has 0 radical (unpaired) electrons. The summed E-state index contributed by atoms with van der Waals surface area (Å²) in [7, 11) is 0. The van der Waals surface area contributed by atoms with Crippen molar-refractivity contribution in [1.29, 1.82) is 0 Å². The lowest BCUT2D eigenvalue weighted by Crippen LogP contribution is -2.14. The van der Waals surface area contributed by atoms with Gasteiger partial charge in [-0.1, -0.05) is 23.5 Å². The van der Waals surface area contributed by atoms with Crippen LogP contribution in [0.15, 0.2) is 41.3 Å². The highest BCUT2D eigenvalue weighted by molar-refractivity contribution is 7.98. The minimum atomic E-state index is -0.0985. The molecule has 1 aliphatic rings. The fraction of sp³-hybridized carbons (Fsp3) is 0.176. The van der Waals surface area contributed by atoms with Crippen LogP contribution in [0, 0.1) is 0 Å². The number of fused-ring (bicyclic) bond motifs is 2. The third kappa shape index (κ3) is 2.92. The van der Waals surface area contributed by atoms with Crippen LogP contribution in [0.5, 0.6) is 11.5 Å². The Bertz CT molecular complexity index is 923. The van der Waals surface area contributed by atoms with Crippen molar-refractivity contribution in [2.45, 2.75) is 11.3 Å². The van der Waals surface area contributed by atoms with Gasteiger partial charge in [0, 0.05) is 4.90 Å². The molecule has 0 bridgehead atoms. The number of hydrogen-bond donors (Lipinski definition) is 1. The number of hydrogen-bond acceptors (Lipinski definition) is 6. The molecule has 0 atom stereocenters. The third-order valence-electron chi connectivity index (χ3n) is 3.65. The summed E-state index contributed by atoms with van der Waals surface area (Å²) in [5.74, 6) is 1.30. The van der Waals surface area contributed by atoms with E-state index >= 15 is 0 Å². The van der Waals surface area contributed by atoms with Crippen molar-refractivity contribution in [3.63, 3.8) is 0 Å². The van der Waals surface area contributed by atoms with E-state index < -0.39 is 0 Å². The van der Waals surface area contributed by atoms with Crippen LogP contribution in [-0.2, 0) is 11.2 Å². The van der Waals surface area contributed by atoms with Gasteiger partial charge in [-0.15, -0.1) is 11.8 Å². The Kier molecular flexibility index (Phi) is 4.03. The molecule has 1 aromatic heterocycles. The quantitative estimate of drug-likeness (QED) is 0.716. The zero-order valence-corrected chi connectivity index (χ0v) is 14.5. The topological polar surface area (TPSA) is 60.5 Å². The lowest BCUT2D eigenvalue weighted by molar-refractivity contribution is -0.115. The van der Waals surface area contributed by atoms with Gasteiger partial charge in [0.25, 0.3) is 0 Å². The third-order valence-corrected chi connectivity index (χ3v) is 5.36. The molecule has 0 unspecified atom stereocenters. The molecule has 122 valence electrons. The maximum Gasteiger partial charge on any atom is 0.231 e. The molecule has 1 aliphatic heterocycles. The van der Waals surface area contributed by atoms with Gasteiger partial charge in [0.1, 0.15) is 0 Å². The molecular weight excluding hydrogens is 344 g/mol. The molecule has 0 saturated heterocycles. The first-order valence-electron chi connectivity index (χ1n) is 7.35. The SMILES string of the molecule is CSc1cccc2sc(NC(=O)Cc3ccc4c(c3)OCO4)nc12. The Morgan fingerprint density at radius 3 is 3.04 bits per heavy atom. The van der Waals surface area contributed by atoms with E-state index in [9.17, 15) is 4.79 Å². The summed E-state index contributed by atoms with van der Waals surface area (Å²) in [5, 5.41) is 3.51. The number of aromatic nitrogens is 1. The Morgan fingerprint density at radius 1 is 1.29 bits per heavy atom. The van der Waals surface area contributed by atoms with E-state index in [0.29, 0.717) is 10.9 Å². The van der Waals surface area contributed by atoms with E-state index in [-0.39, 0.29) is 19.1 Å². The highest BCUT2D eigenvalue weighted by Gasteiger charge is 2.15. The molecule has 1 amide bonds. The number of thioether (sulfide) groups is 1. The van der Waals surface area contributed by atoms with Crippen molar-refractivity contribution in [3.8, 4) is 11.5 Å².